The van der Waals surface area contributed by atoms with Crippen molar-refractivity contribution in [2.24, 2.45) is 11.8 Å². The minimum absolute atomic E-state index is 0.0711. The zero-order valence-electron chi connectivity index (χ0n) is 17.8. The first-order valence-electron chi connectivity index (χ1n) is 10.3. The summed E-state index contributed by atoms with van der Waals surface area (Å²) < 4.78 is 5.31. The molecule has 4 rings (SSSR count). The topological polar surface area (TPSA) is 59.8 Å². The van der Waals surface area contributed by atoms with Gasteiger partial charge in [-0.25, -0.2) is 4.79 Å². The van der Waals surface area contributed by atoms with Gasteiger partial charge in [0.25, 0.3) is 0 Å². The molecule has 0 unspecified atom stereocenters. The molecule has 2 aliphatic heterocycles. The number of ether oxygens (including phenoxy) is 1. The second-order valence-electron chi connectivity index (χ2n) is 8.47. The number of likely N-dealkylation sites (tertiary alicyclic amines) is 2. The lowest BCUT2D eigenvalue weighted by atomic mass is 9.89. The number of fused-ring (bicyclic) bond motifs is 1. The molecule has 0 saturated carbocycles. The molecule has 2 aromatic carbocycles. The van der Waals surface area contributed by atoms with E-state index in [9.17, 15) is 4.79 Å². The van der Waals surface area contributed by atoms with Gasteiger partial charge >= 0.3 is 6.03 Å². The quantitative estimate of drug-likeness (QED) is 0.784. The minimum atomic E-state index is 0.0711. The highest BCUT2D eigenvalue weighted by Crippen LogP contribution is 2.45. The number of nitrogens with zero attached hydrogens (tertiary/aromatic N) is 4. The van der Waals surface area contributed by atoms with Gasteiger partial charge in [0.05, 0.1) is 24.8 Å². The second-order valence-corrected chi connectivity index (χ2v) is 8.47. The molecule has 0 spiro atoms. The van der Waals surface area contributed by atoms with E-state index in [-0.39, 0.29) is 12.1 Å². The minimum Gasteiger partial charge on any atom is -0.497 e. The van der Waals surface area contributed by atoms with Gasteiger partial charge in [-0.15, -0.1) is 0 Å². The fraction of sp³-hybridized carbons (Fsp3) is 0.417. The number of urea groups is 1. The standard InChI is InChI=1S/C24H28N4O2/c1-26(2)24(29)28-15-20-14-27(13-18-6-4-17(12-25)5-7-18)16-22(20)23(28)19-8-10-21(30-3)11-9-19/h4-11,20,22-23H,13-16H2,1-3H3/t20-,22-,23+/m1/s1. The first kappa shape index (κ1) is 20.2. The van der Waals surface area contributed by atoms with E-state index in [1.807, 2.05) is 55.4 Å². The van der Waals surface area contributed by atoms with E-state index in [0.717, 1.165) is 31.9 Å². The van der Waals surface area contributed by atoms with Crippen molar-refractivity contribution >= 4 is 6.03 Å². The van der Waals surface area contributed by atoms with Crippen molar-refractivity contribution in [2.75, 3.05) is 40.8 Å². The SMILES string of the molecule is COc1ccc([C@H]2[C@@H]3CN(Cc4ccc(C#N)cc4)C[C@@H]3CN2C(=O)N(C)C)cc1. The van der Waals surface area contributed by atoms with Crippen LogP contribution in [-0.4, -0.2) is 61.6 Å². The van der Waals surface area contributed by atoms with Crippen LogP contribution in [0.2, 0.25) is 0 Å². The zero-order chi connectivity index (χ0) is 21.3. The van der Waals surface area contributed by atoms with Gasteiger partial charge in [-0.05, 0) is 41.3 Å². The Hall–Kier alpha value is -3.04. The Morgan fingerprint density at radius 1 is 1.10 bits per heavy atom. The lowest BCUT2D eigenvalue weighted by Crippen LogP contribution is -2.41. The molecule has 6 nitrogen and oxygen atoms in total. The number of rotatable bonds is 4. The normalized spacial score (nSPS) is 23.1. The van der Waals surface area contributed by atoms with Crippen LogP contribution in [0.3, 0.4) is 0 Å². The highest BCUT2D eigenvalue weighted by molar-refractivity contribution is 5.75. The van der Waals surface area contributed by atoms with Crippen molar-refractivity contribution in [3.05, 3.63) is 65.2 Å². The van der Waals surface area contributed by atoms with Gasteiger partial charge in [-0.1, -0.05) is 24.3 Å². The number of carbonyl (C=O) groups excluding carboxylic acids is 1. The van der Waals surface area contributed by atoms with Crippen LogP contribution in [0.5, 0.6) is 5.75 Å². The van der Waals surface area contributed by atoms with Crippen LogP contribution >= 0.6 is 0 Å². The van der Waals surface area contributed by atoms with E-state index in [0.29, 0.717) is 17.4 Å². The third-order valence-electron chi connectivity index (χ3n) is 6.31. The molecule has 2 aromatic rings. The molecule has 2 aliphatic rings. The largest absolute Gasteiger partial charge is 0.497 e. The van der Waals surface area contributed by atoms with Crippen LogP contribution in [0, 0.1) is 23.2 Å². The molecule has 2 heterocycles. The van der Waals surface area contributed by atoms with Crippen molar-refractivity contribution in [1.29, 1.82) is 5.26 Å². The molecule has 6 heteroatoms. The lowest BCUT2D eigenvalue weighted by Gasteiger charge is -2.32. The summed E-state index contributed by atoms with van der Waals surface area (Å²) in [5.41, 5.74) is 3.07. The van der Waals surface area contributed by atoms with Crippen LogP contribution < -0.4 is 4.74 Å². The summed E-state index contributed by atoms with van der Waals surface area (Å²) in [4.78, 5) is 19.1. The van der Waals surface area contributed by atoms with Crippen molar-refractivity contribution in [2.45, 2.75) is 12.6 Å². The van der Waals surface area contributed by atoms with Crippen LogP contribution in [-0.2, 0) is 6.54 Å². The Morgan fingerprint density at radius 2 is 1.80 bits per heavy atom. The molecule has 2 amide bonds. The van der Waals surface area contributed by atoms with Gasteiger partial charge in [0.1, 0.15) is 5.75 Å². The summed E-state index contributed by atoms with van der Waals surface area (Å²) >= 11 is 0. The molecule has 0 N–H and O–H groups in total. The van der Waals surface area contributed by atoms with Gasteiger partial charge in [0.2, 0.25) is 0 Å². The van der Waals surface area contributed by atoms with Crippen molar-refractivity contribution in [1.82, 2.24) is 14.7 Å². The molecular formula is C24H28N4O2. The molecule has 0 aromatic heterocycles. The predicted octanol–water partition coefficient (Wildman–Crippen LogP) is 3.35. The van der Waals surface area contributed by atoms with Crippen LogP contribution in [0.15, 0.2) is 48.5 Å². The van der Waals surface area contributed by atoms with E-state index in [1.165, 1.54) is 11.1 Å². The van der Waals surface area contributed by atoms with Crippen molar-refractivity contribution < 1.29 is 9.53 Å². The summed E-state index contributed by atoms with van der Waals surface area (Å²) in [6, 6.07) is 18.3. The van der Waals surface area contributed by atoms with E-state index in [4.69, 9.17) is 10.00 Å². The molecule has 2 fully saturated rings. The maximum absolute atomic E-state index is 12.9. The number of carbonyl (C=O) groups is 1. The Kier molecular flexibility index (Phi) is 5.65. The molecule has 3 atom stereocenters. The number of amides is 2. The summed E-state index contributed by atoms with van der Waals surface area (Å²) in [6.45, 7) is 3.59. The number of hydrogen-bond donors (Lipinski definition) is 0. The molecule has 30 heavy (non-hydrogen) atoms. The number of hydrogen-bond acceptors (Lipinski definition) is 4. The van der Waals surface area contributed by atoms with E-state index < -0.39 is 0 Å². The summed E-state index contributed by atoms with van der Waals surface area (Å²) in [5, 5.41) is 9.00. The molecule has 0 bridgehead atoms. The Bertz CT molecular complexity index is 933. The maximum atomic E-state index is 12.9. The third kappa shape index (κ3) is 3.86. The Morgan fingerprint density at radius 3 is 2.40 bits per heavy atom. The van der Waals surface area contributed by atoms with Crippen LogP contribution in [0.1, 0.15) is 22.7 Å². The predicted molar refractivity (Wildman–Crippen MR) is 115 cm³/mol. The number of methoxy groups -OCH3 is 1. The zero-order valence-corrected chi connectivity index (χ0v) is 17.8. The van der Waals surface area contributed by atoms with Crippen molar-refractivity contribution in [3.8, 4) is 11.8 Å². The summed E-state index contributed by atoms with van der Waals surface area (Å²) in [7, 11) is 5.30. The van der Waals surface area contributed by atoms with Crippen molar-refractivity contribution in [3.63, 3.8) is 0 Å². The molecular weight excluding hydrogens is 376 g/mol. The first-order chi connectivity index (χ1) is 14.5. The van der Waals surface area contributed by atoms with Gasteiger partial charge < -0.3 is 14.5 Å². The highest BCUT2D eigenvalue weighted by atomic mass is 16.5. The van der Waals surface area contributed by atoms with Gasteiger partial charge in [0, 0.05) is 46.2 Å². The fourth-order valence-corrected chi connectivity index (χ4v) is 4.89. The Balaban J connectivity index is 1.54. The molecule has 0 aliphatic carbocycles. The monoisotopic (exact) mass is 404 g/mol. The smallest absolute Gasteiger partial charge is 0.320 e. The lowest BCUT2D eigenvalue weighted by molar-refractivity contribution is 0.151. The van der Waals surface area contributed by atoms with E-state index in [2.05, 4.69) is 23.1 Å². The third-order valence-corrected chi connectivity index (χ3v) is 6.31. The first-order valence-corrected chi connectivity index (χ1v) is 10.3. The van der Waals surface area contributed by atoms with Crippen LogP contribution in [0.4, 0.5) is 4.79 Å². The number of nitriles is 1. The fourth-order valence-electron chi connectivity index (χ4n) is 4.89. The van der Waals surface area contributed by atoms with E-state index >= 15 is 0 Å². The molecule has 0 radical (unpaired) electrons. The average Bonchev–Trinajstić information content (AvgIpc) is 3.31. The number of benzene rings is 2. The summed E-state index contributed by atoms with van der Waals surface area (Å²) in [5.74, 6) is 1.69. The van der Waals surface area contributed by atoms with E-state index in [1.54, 1.807) is 12.0 Å². The van der Waals surface area contributed by atoms with Crippen LogP contribution in [0.25, 0.3) is 0 Å². The second kappa shape index (κ2) is 8.37. The highest BCUT2D eigenvalue weighted by Gasteiger charge is 2.49. The molecule has 2 saturated heterocycles. The average molecular weight is 405 g/mol. The van der Waals surface area contributed by atoms with Gasteiger partial charge in [-0.2, -0.15) is 5.26 Å². The summed E-state index contributed by atoms with van der Waals surface area (Å²) in [6.07, 6.45) is 0. The Labute approximate surface area is 178 Å². The van der Waals surface area contributed by atoms with Gasteiger partial charge in [-0.3, -0.25) is 4.90 Å². The van der Waals surface area contributed by atoms with Gasteiger partial charge in [0.15, 0.2) is 0 Å². The molecule has 156 valence electrons. The maximum Gasteiger partial charge on any atom is 0.320 e.